The van der Waals surface area contributed by atoms with E-state index in [0.29, 0.717) is 0 Å². The molecule has 0 unspecified atom stereocenters. The molecule has 0 saturated heterocycles. The van der Waals surface area contributed by atoms with E-state index in [4.69, 9.17) is 27.1 Å². The smallest absolute Gasteiger partial charge is 0.328 e. The first-order chi connectivity index (χ1) is 19.5. The van der Waals surface area contributed by atoms with Crippen molar-refractivity contribution in [3.63, 3.8) is 0 Å². The second-order valence-electron chi connectivity index (χ2n) is 10.1. The minimum absolute atomic E-state index is 0.0110. The van der Waals surface area contributed by atoms with Crippen LogP contribution in [0, 0.1) is 11.3 Å². The molecular formula is C24H44N8O10. The third kappa shape index (κ3) is 15.1. The van der Waals surface area contributed by atoms with Gasteiger partial charge in [-0.15, -0.1) is 0 Å². The number of guanidine groups is 1. The number of aliphatic carboxylic acids is 2. The number of carboxylic acid groups (broad SMARTS) is 2. The van der Waals surface area contributed by atoms with Gasteiger partial charge in [-0.05, 0) is 38.5 Å². The van der Waals surface area contributed by atoms with Crippen molar-refractivity contribution in [1.29, 1.82) is 5.41 Å². The van der Waals surface area contributed by atoms with E-state index in [1.54, 1.807) is 13.8 Å². The molecule has 18 nitrogen and oxygen atoms in total. The lowest BCUT2D eigenvalue weighted by Crippen LogP contribution is -2.60. The first-order valence-electron chi connectivity index (χ1n) is 13.3. The zero-order chi connectivity index (χ0) is 32.6. The summed E-state index contributed by atoms with van der Waals surface area (Å²) < 4.78 is 0. The van der Waals surface area contributed by atoms with Gasteiger partial charge in [0.1, 0.15) is 18.1 Å². The number of amides is 4. The standard InChI is InChI=1S/C24H44N8O10/c1-11(2)9-15(21(39)31-16(10-33)22(40)32-18(12(3)34)23(41)42)30-20(38)14(5-4-8-28-24(26)27)29-19(37)13(25)6-7-17(35)36/h11-16,18,33-34H,4-10,25H2,1-3H3,(H,29,37)(H,30,38)(H,31,39)(H,32,40)(H,35,36)(H,41,42)(H4,26,27,28)/t12-,13+,14+,15+,16+,18+/m1/s1. The Hall–Kier alpha value is -4.03. The minimum atomic E-state index is -1.71. The Morgan fingerprint density at radius 3 is 1.81 bits per heavy atom. The molecule has 0 heterocycles. The molecule has 0 rings (SSSR count). The molecule has 0 radical (unpaired) electrons. The van der Waals surface area contributed by atoms with Gasteiger partial charge < -0.3 is 58.5 Å². The van der Waals surface area contributed by atoms with Crippen molar-refractivity contribution < 1.29 is 49.2 Å². The largest absolute Gasteiger partial charge is 0.481 e. The number of carbonyl (C=O) groups excluding carboxylic acids is 4. The number of hydrogen-bond donors (Lipinski definition) is 12. The number of rotatable bonds is 20. The number of nitrogens with one attached hydrogen (secondary N) is 6. The second kappa shape index (κ2) is 19.2. The summed E-state index contributed by atoms with van der Waals surface area (Å²) >= 11 is 0. The predicted octanol–water partition coefficient (Wildman–Crippen LogP) is -4.12. The van der Waals surface area contributed by atoms with Gasteiger partial charge in [-0.25, -0.2) is 4.79 Å². The normalized spacial score (nSPS) is 15.2. The average molecular weight is 605 g/mol. The van der Waals surface area contributed by atoms with Crippen molar-refractivity contribution in [2.75, 3.05) is 13.2 Å². The van der Waals surface area contributed by atoms with Crippen molar-refractivity contribution in [2.24, 2.45) is 17.4 Å². The van der Waals surface area contributed by atoms with Gasteiger partial charge in [0.05, 0.1) is 18.8 Å². The number of hydrogen-bond acceptors (Lipinski definition) is 10. The molecule has 0 fully saturated rings. The van der Waals surface area contributed by atoms with Gasteiger partial charge in [0.25, 0.3) is 0 Å². The summed E-state index contributed by atoms with van der Waals surface area (Å²) in [5.41, 5.74) is 11.0. The highest BCUT2D eigenvalue weighted by molar-refractivity contribution is 5.95. The lowest BCUT2D eigenvalue weighted by Gasteiger charge is -2.27. The fraction of sp³-hybridized carbons (Fsp3) is 0.708. The van der Waals surface area contributed by atoms with Crippen molar-refractivity contribution >= 4 is 41.5 Å². The molecule has 0 aliphatic carbocycles. The lowest BCUT2D eigenvalue weighted by atomic mass is 10.0. The molecule has 42 heavy (non-hydrogen) atoms. The van der Waals surface area contributed by atoms with Crippen LogP contribution in [-0.2, 0) is 28.8 Å². The van der Waals surface area contributed by atoms with E-state index in [0.717, 1.165) is 6.92 Å². The van der Waals surface area contributed by atoms with Crippen LogP contribution in [0.4, 0.5) is 0 Å². The highest BCUT2D eigenvalue weighted by Crippen LogP contribution is 2.08. The molecule has 18 heteroatoms. The van der Waals surface area contributed by atoms with Gasteiger partial charge in [0.15, 0.2) is 12.0 Å². The number of aliphatic hydroxyl groups is 2. The van der Waals surface area contributed by atoms with Gasteiger partial charge >= 0.3 is 11.9 Å². The Labute approximate surface area is 242 Å². The summed E-state index contributed by atoms with van der Waals surface area (Å²) in [5.74, 6) is -6.76. The highest BCUT2D eigenvalue weighted by atomic mass is 16.4. The summed E-state index contributed by atoms with van der Waals surface area (Å²) in [7, 11) is 0. The number of carbonyl (C=O) groups is 6. The molecule has 0 aromatic heterocycles. The fourth-order valence-electron chi connectivity index (χ4n) is 3.57. The average Bonchev–Trinajstić information content (AvgIpc) is 2.88. The summed E-state index contributed by atoms with van der Waals surface area (Å²) in [6.45, 7) is 3.87. The van der Waals surface area contributed by atoms with E-state index in [2.05, 4.69) is 21.3 Å². The zero-order valence-corrected chi connectivity index (χ0v) is 23.9. The van der Waals surface area contributed by atoms with E-state index in [1.807, 2.05) is 5.32 Å². The van der Waals surface area contributed by atoms with Crippen molar-refractivity contribution in [1.82, 2.24) is 26.6 Å². The van der Waals surface area contributed by atoms with Crippen LogP contribution in [0.3, 0.4) is 0 Å². The summed E-state index contributed by atoms with van der Waals surface area (Å²) in [6, 6.07) is -7.06. The number of nitrogens with two attached hydrogens (primary N) is 2. The van der Waals surface area contributed by atoms with Gasteiger partial charge in [-0.2, -0.15) is 0 Å². The van der Waals surface area contributed by atoms with Crippen LogP contribution in [0.1, 0.15) is 52.9 Å². The molecule has 6 atom stereocenters. The lowest BCUT2D eigenvalue weighted by molar-refractivity contribution is -0.145. The van der Waals surface area contributed by atoms with Crippen molar-refractivity contribution in [3.8, 4) is 0 Å². The van der Waals surface area contributed by atoms with Gasteiger partial charge in [-0.1, -0.05) is 13.8 Å². The van der Waals surface area contributed by atoms with Gasteiger partial charge in [-0.3, -0.25) is 29.4 Å². The fourth-order valence-corrected chi connectivity index (χ4v) is 3.57. The molecule has 0 aliphatic rings. The van der Waals surface area contributed by atoms with Crippen molar-refractivity contribution in [3.05, 3.63) is 0 Å². The first kappa shape index (κ1) is 38.0. The third-order valence-corrected chi connectivity index (χ3v) is 5.83. The molecule has 0 aromatic rings. The molecule has 4 amide bonds. The Kier molecular flexibility index (Phi) is 17.3. The predicted molar refractivity (Wildman–Crippen MR) is 148 cm³/mol. The van der Waals surface area contributed by atoms with Gasteiger partial charge in [0, 0.05) is 13.0 Å². The van der Waals surface area contributed by atoms with Crippen LogP contribution in [0.5, 0.6) is 0 Å². The van der Waals surface area contributed by atoms with Crippen LogP contribution in [0.25, 0.3) is 0 Å². The molecule has 0 aromatic carbocycles. The summed E-state index contributed by atoms with van der Waals surface area (Å²) in [6.07, 6.45) is -1.74. The maximum atomic E-state index is 13.2. The second-order valence-corrected chi connectivity index (χ2v) is 10.1. The van der Waals surface area contributed by atoms with Gasteiger partial charge in [0.2, 0.25) is 23.6 Å². The monoisotopic (exact) mass is 604 g/mol. The summed E-state index contributed by atoms with van der Waals surface area (Å²) in [5, 5.41) is 56.2. The maximum Gasteiger partial charge on any atom is 0.328 e. The summed E-state index contributed by atoms with van der Waals surface area (Å²) in [4.78, 5) is 73.5. The minimum Gasteiger partial charge on any atom is -0.481 e. The Morgan fingerprint density at radius 2 is 1.33 bits per heavy atom. The molecule has 14 N–H and O–H groups in total. The maximum absolute atomic E-state index is 13.2. The van der Waals surface area contributed by atoms with Crippen LogP contribution in [-0.4, -0.2) is 111 Å². The quantitative estimate of drug-likeness (QED) is 0.0357. The topological polar surface area (TPSA) is 319 Å². The van der Waals surface area contributed by atoms with Crippen LogP contribution in [0.2, 0.25) is 0 Å². The number of aliphatic hydroxyl groups excluding tert-OH is 2. The third-order valence-electron chi connectivity index (χ3n) is 5.83. The van der Waals surface area contributed by atoms with E-state index >= 15 is 0 Å². The Morgan fingerprint density at radius 1 is 0.810 bits per heavy atom. The molecule has 0 aliphatic heterocycles. The Balaban J connectivity index is 5.73. The first-order valence-corrected chi connectivity index (χ1v) is 13.3. The molecule has 0 spiro atoms. The molecule has 0 saturated carbocycles. The highest BCUT2D eigenvalue weighted by Gasteiger charge is 2.33. The van der Waals surface area contributed by atoms with E-state index in [1.165, 1.54) is 0 Å². The van der Waals surface area contributed by atoms with Crippen LogP contribution in [0.15, 0.2) is 0 Å². The van der Waals surface area contributed by atoms with E-state index < -0.39 is 78.5 Å². The van der Waals surface area contributed by atoms with Crippen LogP contribution >= 0.6 is 0 Å². The zero-order valence-electron chi connectivity index (χ0n) is 23.9. The van der Waals surface area contributed by atoms with Crippen LogP contribution < -0.4 is 38.1 Å². The Bertz CT molecular complexity index is 962. The van der Waals surface area contributed by atoms with E-state index in [9.17, 15) is 39.0 Å². The number of carboxylic acids is 2. The van der Waals surface area contributed by atoms with E-state index in [-0.39, 0.29) is 50.5 Å². The SMILES string of the molecule is CC(C)C[C@H](NC(=O)[C@H](CCCNC(=N)N)NC(=O)[C@@H](N)CCC(=O)O)C(=O)N[C@@H](CO)C(=O)N[C@H](C(=O)O)[C@@H](C)O. The van der Waals surface area contributed by atoms with Crippen molar-refractivity contribution in [2.45, 2.75) is 89.2 Å². The molecular weight excluding hydrogens is 560 g/mol. The molecule has 0 bridgehead atoms. The molecule has 240 valence electrons.